The van der Waals surface area contributed by atoms with Gasteiger partial charge in [-0.15, -0.1) is 0 Å². The van der Waals surface area contributed by atoms with Crippen LogP contribution in [0.5, 0.6) is 0 Å². The maximum absolute atomic E-state index is 14.3. The van der Waals surface area contributed by atoms with Crippen molar-refractivity contribution in [1.29, 1.82) is 0 Å². The molecule has 2 aliphatic heterocycles. The lowest BCUT2D eigenvalue weighted by molar-refractivity contribution is -0.129. The number of aromatic nitrogens is 1. The lowest BCUT2D eigenvalue weighted by Crippen LogP contribution is -2.62. The number of hydrogen-bond donors (Lipinski definition) is 0. The van der Waals surface area contributed by atoms with Gasteiger partial charge < -0.3 is 14.7 Å². The van der Waals surface area contributed by atoms with Gasteiger partial charge in [0.05, 0.1) is 16.9 Å². The number of amides is 1. The molecule has 0 atom stereocenters. The summed E-state index contributed by atoms with van der Waals surface area (Å²) < 4.78 is 0. The van der Waals surface area contributed by atoms with Gasteiger partial charge in [0.1, 0.15) is 11.5 Å². The molecule has 7 nitrogen and oxygen atoms in total. The van der Waals surface area contributed by atoms with Crippen LogP contribution in [0.25, 0.3) is 0 Å². The second-order valence-electron chi connectivity index (χ2n) is 13.5. The number of halogens is 1. The molecule has 236 valence electrons. The highest BCUT2D eigenvalue weighted by molar-refractivity contribution is 6.43. The number of aliphatic imine (C=N–C) groups is 1. The van der Waals surface area contributed by atoms with E-state index in [0.717, 1.165) is 64.1 Å². The molecule has 2 aliphatic rings. The molecule has 44 heavy (non-hydrogen) atoms. The van der Waals surface area contributed by atoms with Crippen molar-refractivity contribution in [1.82, 2.24) is 9.88 Å². The molecule has 8 heteroatoms. The number of Topliss-reactive ketones (excluding diaryl/α,β-unsaturated/α-hetero) is 1. The molecule has 2 aromatic rings. The fourth-order valence-electron chi connectivity index (χ4n) is 6.48. The summed E-state index contributed by atoms with van der Waals surface area (Å²) in [5.74, 6) is 0.799. The summed E-state index contributed by atoms with van der Waals surface area (Å²) in [6, 6.07) is 8.12. The van der Waals surface area contributed by atoms with Crippen LogP contribution >= 0.6 is 11.6 Å². The Kier molecular flexibility index (Phi) is 9.79. The minimum atomic E-state index is -0.475. The van der Waals surface area contributed by atoms with E-state index in [1.54, 1.807) is 6.92 Å². The number of piperazine rings is 1. The van der Waals surface area contributed by atoms with Crippen LogP contribution in [0.3, 0.4) is 0 Å². The Bertz CT molecular complexity index is 1530. The monoisotopic (exact) mass is 617 g/mol. The van der Waals surface area contributed by atoms with Crippen molar-refractivity contribution >= 4 is 40.5 Å². The third-order valence-electron chi connectivity index (χ3n) is 8.80. The SMILES string of the molecule is CCC/C=C/C(=N\C1=C(C)N(c2ccc(C)c(Cl)c2)CC1(C)C)C(=O)N1CCN(c2cc(C)c(C(C)=O)c(C)n2)CC1(C)C. The van der Waals surface area contributed by atoms with E-state index in [4.69, 9.17) is 21.6 Å². The van der Waals surface area contributed by atoms with Gasteiger partial charge in [0.25, 0.3) is 5.91 Å². The molecule has 0 bridgehead atoms. The lowest BCUT2D eigenvalue weighted by atomic mass is 9.91. The van der Waals surface area contributed by atoms with E-state index in [-0.39, 0.29) is 17.1 Å². The van der Waals surface area contributed by atoms with E-state index in [1.165, 1.54) is 0 Å². The van der Waals surface area contributed by atoms with Crippen LogP contribution in [0.4, 0.5) is 11.5 Å². The van der Waals surface area contributed by atoms with Crippen molar-refractivity contribution in [3.8, 4) is 0 Å². The molecule has 1 aromatic carbocycles. The Morgan fingerprint density at radius 1 is 1.02 bits per heavy atom. The predicted molar refractivity (Wildman–Crippen MR) is 183 cm³/mol. The van der Waals surface area contributed by atoms with Crippen LogP contribution in [-0.4, -0.2) is 59.0 Å². The molecule has 0 saturated carbocycles. The molecular formula is C36H48ClN5O2. The number of ketones is 1. The molecule has 0 aliphatic carbocycles. The van der Waals surface area contributed by atoms with Crippen molar-refractivity contribution < 1.29 is 9.59 Å². The number of nitrogens with zero attached hydrogens (tertiary/aromatic N) is 5. The summed E-state index contributed by atoms with van der Waals surface area (Å²) in [6.45, 7) is 22.7. The number of carbonyl (C=O) groups is 2. The molecule has 0 unspecified atom stereocenters. The maximum Gasteiger partial charge on any atom is 0.273 e. The van der Waals surface area contributed by atoms with Gasteiger partial charge in [0, 0.05) is 53.6 Å². The van der Waals surface area contributed by atoms with Gasteiger partial charge in [0.15, 0.2) is 5.78 Å². The van der Waals surface area contributed by atoms with Gasteiger partial charge in [-0.2, -0.15) is 0 Å². The van der Waals surface area contributed by atoms with Crippen molar-refractivity contribution in [3.63, 3.8) is 0 Å². The average molecular weight is 618 g/mol. The van der Waals surface area contributed by atoms with E-state index < -0.39 is 5.54 Å². The van der Waals surface area contributed by atoms with Crippen LogP contribution < -0.4 is 9.80 Å². The van der Waals surface area contributed by atoms with Gasteiger partial charge in [-0.3, -0.25) is 9.59 Å². The summed E-state index contributed by atoms with van der Waals surface area (Å²) in [5, 5.41) is 0.736. The predicted octanol–water partition coefficient (Wildman–Crippen LogP) is 7.87. The first kappa shape index (κ1) is 33.4. The van der Waals surface area contributed by atoms with E-state index >= 15 is 0 Å². The number of aryl methyl sites for hydroxylation is 3. The Morgan fingerprint density at radius 2 is 1.73 bits per heavy atom. The quantitative estimate of drug-likeness (QED) is 0.223. The highest BCUT2D eigenvalue weighted by atomic mass is 35.5. The zero-order chi connectivity index (χ0) is 32.6. The molecule has 1 saturated heterocycles. The minimum absolute atomic E-state index is 0.0271. The van der Waals surface area contributed by atoms with E-state index in [2.05, 4.69) is 63.5 Å². The summed E-state index contributed by atoms with van der Waals surface area (Å²) in [7, 11) is 0. The Labute approximate surface area is 268 Å². The van der Waals surface area contributed by atoms with E-state index in [1.807, 2.05) is 49.9 Å². The molecule has 3 heterocycles. The molecular weight excluding hydrogens is 570 g/mol. The van der Waals surface area contributed by atoms with Crippen LogP contribution in [0.1, 0.15) is 88.5 Å². The molecule has 0 spiro atoms. The largest absolute Gasteiger partial charge is 0.352 e. The summed E-state index contributed by atoms with van der Waals surface area (Å²) in [5.41, 5.74) is 6.07. The van der Waals surface area contributed by atoms with Gasteiger partial charge >= 0.3 is 0 Å². The third kappa shape index (κ3) is 6.78. The molecule has 0 N–H and O–H groups in total. The van der Waals surface area contributed by atoms with Crippen LogP contribution in [0.15, 0.2) is 52.8 Å². The first-order chi connectivity index (χ1) is 20.6. The molecule has 1 amide bonds. The van der Waals surface area contributed by atoms with Crippen molar-refractivity contribution in [2.45, 2.75) is 87.6 Å². The maximum atomic E-state index is 14.3. The third-order valence-corrected chi connectivity index (χ3v) is 9.21. The average Bonchev–Trinajstić information content (AvgIpc) is 3.15. The summed E-state index contributed by atoms with van der Waals surface area (Å²) >= 11 is 6.49. The number of carbonyl (C=O) groups excluding carboxylic acids is 2. The molecule has 1 aromatic heterocycles. The normalized spacial score (nSPS) is 18.5. The summed E-state index contributed by atoms with van der Waals surface area (Å²) in [6.07, 6.45) is 5.83. The second kappa shape index (κ2) is 12.9. The number of benzene rings is 1. The second-order valence-corrected chi connectivity index (χ2v) is 13.9. The van der Waals surface area contributed by atoms with Crippen molar-refractivity contribution in [2.24, 2.45) is 10.4 Å². The van der Waals surface area contributed by atoms with Crippen molar-refractivity contribution in [3.05, 3.63) is 75.2 Å². The zero-order valence-electron chi connectivity index (χ0n) is 28.1. The van der Waals surface area contributed by atoms with E-state index in [0.29, 0.717) is 30.9 Å². The van der Waals surface area contributed by atoms with Gasteiger partial charge in [-0.25, -0.2) is 9.98 Å². The number of anilines is 2. The Balaban J connectivity index is 1.67. The van der Waals surface area contributed by atoms with Crippen LogP contribution in [0.2, 0.25) is 5.02 Å². The molecule has 0 radical (unpaired) electrons. The number of rotatable bonds is 8. The highest BCUT2D eigenvalue weighted by Crippen LogP contribution is 2.42. The standard InChI is InChI=1S/C36H48ClN5O2/c1-11-12-13-14-30(39-33-26(5)41(21-35(33,7)8)28-16-15-23(2)29(37)20-28)34(44)42-18-17-40(22-36(42,9)10)31-19-24(3)32(27(6)43)25(4)38-31/h13-16,19-20H,11-12,17-18,21-22H2,1-10H3/b14-13+,39-30+. The molecule has 4 rings (SSSR count). The topological polar surface area (TPSA) is 69.1 Å². The fourth-order valence-corrected chi connectivity index (χ4v) is 6.66. The Hall–Kier alpha value is -3.45. The van der Waals surface area contributed by atoms with E-state index in [9.17, 15) is 9.59 Å². The number of allylic oxidation sites excluding steroid dienone is 2. The van der Waals surface area contributed by atoms with Crippen LogP contribution in [-0.2, 0) is 4.79 Å². The number of hydrogen-bond acceptors (Lipinski definition) is 6. The molecule has 1 fully saturated rings. The zero-order valence-corrected chi connectivity index (χ0v) is 28.9. The van der Waals surface area contributed by atoms with Crippen LogP contribution in [0, 0.1) is 26.2 Å². The fraction of sp³-hybridized carbons (Fsp3) is 0.500. The number of pyridine rings is 1. The van der Waals surface area contributed by atoms with Crippen molar-refractivity contribution in [2.75, 3.05) is 36.0 Å². The van der Waals surface area contributed by atoms with Gasteiger partial charge in [0.2, 0.25) is 0 Å². The highest BCUT2D eigenvalue weighted by Gasteiger charge is 2.41. The minimum Gasteiger partial charge on any atom is -0.352 e. The number of unbranched alkanes of at least 4 members (excludes halogenated alkanes) is 1. The summed E-state index contributed by atoms with van der Waals surface area (Å²) in [4.78, 5) is 42.8. The lowest BCUT2D eigenvalue weighted by Gasteiger charge is -2.47. The van der Waals surface area contributed by atoms with Gasteiger partial charge in [-0.1, -0.05) is 50.9 Å². The Morgan fingerprint density at radius 3 is 2.32 bits per heavy atom. The first-order valence-electron chi connectivity index (χ1n) is 15.6. The van der Waals surface area contributed by atoms with Gasteiger partial charge in [-0.05, 0) is 90.3 Å². The first-order valence-corrected chi connectivity index (χ1v) is 16.0. The smallest absolute Gasteiger partial charge is 0.273 e.